The quantitative estimate of drug-likeness (QED) is 0.253. The van der Waals surface area contributed by atoms with E-state index in [0.717, 1.165) is 41.7 Å². The van der Waals surface area contributed by atoms with Gasteiger partial charge >= 0.3 is 6.80 Å². The molecule has 0 fully saturated rings. The molecule has 7 heteroatoms. The summed E-state index contributed by atoms with van der Waals surface area (Å²) >= 11 is 6.46. The summed E-state index contributed by atoms with van der Waals surface area (Å²) in [6.45, 7) is 22.6. The molecular formula is C34H44BrO3PS2. The molecule has 0 saturated carbocycles. The molecule has 41 heavy (non-hydrogen) atoms. The van der Waals surface area contributed by atoms with Crippen molar-refractivity contribution in [2.24, 2.45) is 0 Å². The minimum Gasteiger partial charge on any atom is -0.407 e. The van der Waals surface area contributed by atoms with Crippen LogP contribution in [0.2, 0.25) is 0 Å². The van der Waals surface area contributed by atoms with Crippen LogP contribution >= 0.6 is 45.9 Å². The standard InChI is InChI=1S/C34H44BrO3PS2/c1-31(2,3)21-17-23(33(7,8)9)29-27(19-21)40-28-20-22(32(4,5)6)18-24(34(10,11)12)30(28)38-39(36,37-29)41-26-16-14-13-15-25(26)35/h13-20H,1-12H3. The van der Waals surface area contributed by atoms with Gasteiger partial charge < -0.3 is 9.05 Å². The highest BCUT2D eigenvalue weighted by molar-refractivity contribution is 9.10. The number of hydrogen-bond donors (Lipinski definition) is 0. The van der Waals surface area contributed by atoms with Crippen LogP contribution in [0.4, 0.5) is 0 Å². The predicted molar refractivity (Wildman–Crippen MR) is 181 cm³/mol. The monoisotopic (exact) mass is 674 g/mol. The van der Waals surface area contributed by atoms with Crippen LogP contribution in [0.3, 0.4) is 0 Å². The van der Waals surface area contributed by atoms with E-state index < -0.39 is 6.80 Å². The van der Waals surface area contributed by atoms with Gasteiger partial charge in [-0.1, -0.05) is 119 Å². The Labute approximate surface area is 264 Å². The predicted octanol–water partition coefficient (Wildman–Crippen LogP) is 12.5. The lowest BCUT2D eigenvalue weighted by Crippen LogP contribution is -2.20. The summed E-state index contributed by atoms with van der Waals surface area (Å²) in [5, 5.41) is 0. The Bertz CT molecular complexity index is 1430. The molecule has 0 radical (unpaired) electrons. The van der Waals surface area contributed by atoms with E-state index in [2.05, 4.69) is 123 Å². The average Bonchev–Trinajstić information content (AvgIpc) is 2.78. The van der Waals surface area contributed by atoms with E-state index in [0.29, 0.717) is 11.5 Å². The zero-order chi connectivity index (χ0) is 30.8. The highest BCUT2D eigenvalue weighted by Crippen LogP contribution is 2.68. The van der Waals surface area contributed by atoms with Gasteiger partial charge in [-0.3, -0.25) is 0 Å². The summed E-state index contributed by atoms with van der Waals surface area (Å²) in [4.78, 5) is 2.73. The van der Waals surface area contributed by atoms with Crippen molar-refractivity contribution in [3.05, 3.63) is 75.3 Å². The third kappa shape index (κ3) is 7.25. The molecule has 0 N–H and O–H groups in total. The Morgan fingerprint density at radius 3 is 1.44 bits per heavy atom. The maximum atomic E-state index is 15.1. The molecule has 0 spiro atoms. The zero-order valence-corrected chi connectivity index (χ0v) is 30.6. The van der Waals surface area contributed by atoms with E-state index in [4.69, 9.17) is 9.05 Å². The van der Waals surface area contributed by atoms with Gasteiger partial charge in [0.25, 0.3) is 0 Å². The number of hydrogen-bond acceptors (Lipinski definition) is 5. The fourth-order valence-electron chi connectivity index (χ4n) is 4.56. The van der Waals surface area contributed by atoms with E-state index in [-0.39, 0.29) is 21.7 Å². The molecule has 0 saturated heterocycles. The smallest absolute Gasteiger partial charge is 0.407 e. The Kier molecular flexibility index (Phi) is 8.73. The lowest BCUT2D eigenvalue weighted by atomic mass is 9.80. The van der Waals surface area contributed by atoms with Gasteiger partial charge in [0.1, 0.15) is 11.5 Å². The van der Waals surface area contributed by atoms with E-state index >= 15 is 4.57 Å². The second-order valence-corrected chi connectivity index (χ2v) is 20.7. The number of fused-ring (bicyclic) bond motifs is 2. The van der Waals surface area contributed by atoms with Gasteiger partial charge in [-0.15, -0.1) is 0 Å². The molecular weight excluding hydrogens is 631 g/mol. The molecule has 0 amide bonds. The molecule has 3 nitrogen and oxygen atoms in total. The minimum absolute atomic E-state index is 0.0749. The molecule has 222 valence electrons. The third-order valence-corrected chi connectivity index (χ3v) is 12.4. The molecule has 1 aliphatic heterocycles. The van der Waals surface area contributed by atoms with Crippen molar-refractivity contribution in [2.75, 3.05) is 0 Å². The molecule has 0 aromatic heterocycles. The van der Waals surface area contributed by atoms with Gasteiger partial charge in [-0.25, -0.2) is 4.57 Å². The summed E-state index contributed by atoms with van der Waals surface area (Å²) in [5.74, 6) is 1.28. The summed E-state index contributed by atoms with van der Waals surface area (Å²) in [6.07, 6.45) is 0. The van der Waals surface area contributed by atoms with Crippen molar-refractivity contribution in [1.29, 1.82) is 0 Å². The van der Waals surface area contributed by atoms with Crippen molar-refractivity contribution in [3.63, 3.8) is 0 Å². The highest BCUT2D eigenvalue weighted by atomic mass is 79.9. The maximum Gasteiger partial charge on any atom is 0.497 e. The molecule has 3 aromatic rings. The molecule has 0 bridgehead atoms. The fourth-order valence-corrected chi connectivity index (χ4v) is 10.0. The van der Waals surface area contributed by atoms with Crippen molar-refractivity contribution in [2.45, 2.75) is 119 Å². The van der Waals surface area contributed by atoms with Crippen molar-refractivity contribution in [3.8, 4) is 11.5 Å². The Balaban J connectivity index is 2.11. The fraction of sp³-hybridized carbons (Fsp3) is 0.471. The van der Waals surface area contributed by atoms with Crippen LogP contribution in [0.1, 0.15) is 105 Å². The minimum atomic E-state index is -3.83. The number of halogens is 1. The van der Waals surface area contributed by atoms with E-state index in [1.807, 2.05) is 24.3 Å². The molecule has 0 atom stereocenters. The van der Waals surface area contributed by atoms with Gasteiger partial charge in [0.05, 0.1) is 9.79 Å². The second kappa shape index (κ2) is 11.0. The lowest BCUT2D eigenvalue weighted by Gasteiger charge is -2.34. The first kappa shape index (κ1) is 32.6. The topological polar surface area (TPSA) is 35.5 Å². The third-order valence-electron chi connectivity index (χ3n) is 7.13. The van der Waals surface area contributed by atoms with Gasteiger partial charge in [-0.2, -0.15) is 0 Å². The Hall–Kier alpha value is -1.33. The Morgan fingerprint density at radius 2 is 1.07 bits per heavy atom. The first-order valence-electron chi connectivity index (χ1n) is 14.1. The van der Waals surface area contributed by atoms with Crippen molar-refractivity contribution in [1.82, 2.24) is 0 Å². The van der Waals surface area contributed by atoms with E-state index in [1.54, 1.807) is 11.8 Å². The SMILES string of the molecule is CC(C)(C)c1cc2c(c(C(C)(C)C)c1)OP(=O)(Sc1ccccc1Br)Oc1c(cc(C(C)(C)C)cc1C(C)(C)C)S2. The summed E-state index contributed by atoms with van der Waals surface area (Å²) in [6, 6.07) is 16.7. The first-order chi connectivity index (χ1) is 18.6. The van der Waals surface area contributed by atoms with Crippen LogP contribution in [-0.2, 0) is 26.2 Å². The van der Waals surface area contributed by atoms with Gasteiger partial charge in [0.2, 0.25) is 0 Å². The van der Waals surface area contributed by atoms with Crippen LogP contribution in [-0.4, -0.2) is 0 Å². The summed E-state index contributed by atoms with van der Waals surface area (Å²) < 4.78 is 29.3. The summed E-state index contributed by atoms with van der Waals surface area (Å²) in [5.41, 5.74) is 3.84. The molecule has 1 heterocycles. The van der Waals surface area contributed by atoms with Crippen LogP contribution in [0, 0.1) is 0 Å². The van der Waals surface area contributed by atoms with Crippen LogP contribution in [0.5, 0.6) is 11.5 Å². The number of benzene rings is 3. The Morgan fingerprint density at radius 1 is 0.659 bits per heavy atom. The molecule has 0 aliphatic carbocycles. The normalized spacial score (nSPS) is 15.6. The van der Waals surface area contributed by atoms with Gasteiger partial charge in [-0.05, 0) is 73.0 Å². The molecule has 0 unspecified atom stereocenters. The molecule has 4 rings (SSSR count). The van der Waals surface area contributed by atoms with Crippen molar-refractivity contribution >= 4 is 45.9 Å². The van der Waals surface area contributed by atoms with Crippen LogP contribution in [0.15, 0.2) is 67.7 Å². The largest absolute Gasteiger partial charge is 0.497 e. The molecule has 3 aromatic carbocycles. The average molecular weight is 676 g/mol. The van der Waals surface area contributed by atoms with Crippen LogP contribution < -0.4 is 9.05 Å². The van der Waals surface area contributed by atoms with Crippen LogP contribution in [0.25, 0.3) is 0 Å². The van der Waals surface area contributed by atoms with E-state index in [9.17, 15) is 0 Å². The highest BCUT2D eigenvalue weighted by Gasteiger charge is 2.40. The maximum absolute atomic E-state index is 15.1. The zero-order valence-electron chi connectivity index (χ0n) is 26.5. The van der Waals surface area contributed by atoms with Crippen molar-refractivity contribution < 1.29 is 13.6 Å². The number of rotatable bonds is 2. The molecule has 1 aliphatic rings. The van der Waals surface area contributed by atoms with E-state index in [1.165, 1.54) is 11.1 Å². The first-order valence-corrected chi connectivity index (χ1v) is 18.7. The van der Waals surface area contributed by atoms with Gasteiger partial charge in [0, 0.05) is 31.9 Å². The summed E-state index contributed by atoms with van der Waals surface area (Å²) in [7, 11) is 0. The lowest BCUT2D eigenvalue weighted by molar-refractivity contribution is 0.385. The van der Waals surface area contributed by atoms with Gasteiger partial charge in [0.15, 0.2) is 0 Å². The second-order valence-electron chi connectivity index (χ2n) is 15.0.